The summed E-state index contributed by atoms with van der Waals surface area (Å²) < 4.78 is 11.8. The molecule has 0 spiro atoms. The first-order valence-electron chi connectivity index (χ1n) is 7.77. The number of rotatable bonds is 4. The highest BCUT2D eigenvalue weighted by Crippen LogP contribution is 2.23. The highest BCUT2D eigenvalue weighted by atomic mass is 16.7. The van der Waals surface area contributed by atoms with Gasteiger partial charge < -0.3 is 29.4 Å². The van der Waals surface area contributed by atoms with Gasteiger partial charge in [-0.15, -0.1) is 0 Å². The third-order valence-corrected chi connectivity index (χ3v) is 4.05. The van der Waals surface area contributed by atoms with Gasteiger partial charge >= 0.3 is 0 Å². The number of methoxy groups -OCH3 is 1. The topological polar surface area (TPSA) is 172 Å². The van der Waals surface area contributed by atoms with Crippen LogP contribution in [0.1, 0.15) is 6.92 Å². The van der Waals surface area contributed by atoms with Crippen LogP contribution in [0, 0.1) is 0 Å². The van der Waals surface area contributed by atoms with Crippen LogP contribution in [0.15, 0.2) is 11.1 Å². The Morgan fingerprint density at radius 1 is 1.38 bits per heavy atom. The number of hydrogen-bond acceptors (Lipinski definition) is 9. The van der Waals surface area contributed by atoms with Gasteiger partial charge in [0.15, 0.2) is 17.5 Å². The van der Waals surface area contributed by atoms with E-state index >= 15 is 0 Å². The van der Waals surface area contributed by atoms with Crippen molar-refractivity contribution in [1.29, 1.82) is 0 Å². The smallest absolute Gasteiger partial charge is 0.280 e. The number of nitrogens with one attached hydrogen (secondary N) is 2. The molecule has 1 saturated heterocycles. The summed E-state index contributed by atoms with van der Waals surface area (Å²) in [6, 6.07) is 0. The van der Waals surface area contributed by atoms with Crippen LogP contribution < -0.4 is 10.9 Å². The lowest BCUT2D eigenvalue weighted by molar-refractivity contribution is -0.291. The molecule has 0 saturated carbocycles. The molecular weight excluding hydrogens is 350 g/mol. The fraction of sp³-hybridized carbons (Fsp3) is 0.571. The van der Waals surface area contributed by atoms with Crippen LogP contribution in [0.2, 0.25) is 0 Å². The molecule has 1 fully saturated rings. The maximum absolute atomic E-state index is 12.0. The monoisotopic (exact) mass is 369 g/mol. The van der Waals surface area contributed by atoms with E-state index < -0.39 is 42.2 Å². The predicted molar refractivity (Wildman–Crippen MR) is 86.1 cm³/mol. The van der Waals surface area contributed by atoms with Gasteiger partial charge in [-0.05, 0) is 0 Å². The van der Waals surface area contributed by atoms with Crippen LogP contribution in [-0.4, -0.2) is 78.6 Å². The van der Waals surface area contributed by atoms with E-state index in [-0.39, 0.29) is 23.7 Å². The molecule has 0 aromatic carbocycles. The Hall–Kier alpha value is -2.38. The van der Waals surface area contributed by atoms with Crippen molar-refractivity contribution < 1.29 is 29.6 Å². The van der Waals surface area contributed by atoms with E-state index in [1.807, 2.05) is 0 Å². The summed E-state index contributed by atoms with van der Waals surface area (Å²) >= 11 is 0. The van der Waals surface area contributed by atoms with Crippen LogP contribution in [0.5, 0.6) is 0 Å². The minimum atomic E-state index is -1.47. The van der Waals surface area contributed by atoms with Crippen LogP contribution >= 0.6 is 0 Å². The van der Waals surface area contributed by atoms with Crippen molar-refractivity contribution in [2.75, 3.05) is 12.4 Å². The summed E-state index contributed by atoms with van der Waals surface area (Å²) in [7, 11) is 1.29. The van der Waals surface area contributed by atoms with Crippen molar-refractivity contribution in [2.45, 2.75) is 44.2 Å². The van der Waals surface area contributed by atoms with Crippen molar-refractivity contribution >= 4 is 23.0 Å². The second kappa shape index (κ2) is 7.09. The second-order valence-corrected chi connectivity index (χ2v) is 5.92. The molecule has 1 aliphatic heterocycles. The average molecular weight is 369 g/mol. The van der Waals surface area contributed by atoms with E-state index in [1.165, 1.54) is 24.9 Å². The molecule has 3 heterocycles. The summed E-state index contributed by atoms with van der Waals surface area (Å²) in [6.07, 6.45) is -5.04. The zero-order chi connectivity index (χ0) is 19.0. The molecule has 0 aliphatic carbocycles. The van der Waals surface area contributed by atoms with Gasteiger partial charge in [-0.1, -0.05) is 0 Å². The van der Waals surface area contributed by atoms with Gasteiger partial charge in [-0.3, -0.25) is 19.9 Å². The van der Waals surface area contributed by atoms with Crippen molar-refractivity contribution in [3.05, 3.63) is 16.7 Å². The first-order chi connectivity index (χ1) is 12.3. The maximum atomic E-state index is 12.0. The largest absolute Gasteiger partial charge is 0.388 e. The Kier molecular flexibility index (Phi) is 5.02. The lowest BCUT2D eigenvalue weighted by Crippen LogP contribution is -2.58. The van der Waals surface area contributed by atoms with Crippen LogP contribution in [0.25, 0.3) is 11.2 Å². The molecular formula is C14H19N5O7. The molecule has 3 rings (SSSR count). The number of ether oxygens (including phenoxy) is 2. The van der Waals surface area contributed by atoms with Crippen molar-refractivity contribution in [3.63, 3.8) is 0 Å². The molecule has 5 atom stereocenters. The van der Waals surface area contributed by atoms with Crippen LogP contribution in [-0.2, 0) is 20.8 Å². The quantitative estimate of drug-likeness (QED) is 0.391. The van der Waals surface area contributed by atoms with Crippen LogP contribution in [0.3, 0.4) is 0 Å². The van der Waals surface area contributed by atoms with E-state index in [0.29, 0.717) is 0 Å². The molecule has 0 radical (unpaired) electrons. The Balaban J connectivity index is 1.92. The van der Waals surface area contributed by atoms with Gasteiger partial charge in [0.25, 0.3) is 5.56 Å². The fourth-order valence-corrected chi connectivity index (χ4v) is 2.77. The first-order valence-corrected chi connectivity index (χ1v) is 7.77. The molecule has 2 aromatic heterocycles. The van der Waals surface area contributed by atoms with E-state index in [0.717, 1.165) is 0 Å². The van der Waals surface area contributed by atoms with E-state index in [1.54, 1.807) is 0 Å². The molecule has 0 bridgehead atoms. The number of fused-ring (bicyclic) bond motifs is 1. The zero-order valence-corrected chi connectivity index (χ0v) is 14.0. The summed E-state index contributed by atoms with van der Waals surface area (Å²) in [5.74, 6) is -0.461. The molecule has 5 N–H and O–H groups in total. The van der Waals surface area contributed by atoms with Gasteiger partial charge in [0.1, 0.15) is 24.4 Å². The second-order valence-electron chi connectivity index (χ2n) is 5.92. The van der Waals surface area contributed by atoms with Gasteiger partial charge in [-0.25, -0.2) is 4.98 Å². The average Bonchev–Trinajstić information content (AvgIpc) is 2.98. The zero-order valence-electron chi connectivity index (χ0n) is 14.0. The minimum Gasteiger partial charge on any atom is -0.388 e. The predicted octanol–water partition coefficient (Wildman–Crippen LogP) is -2.47. The van der Waals surface area contributed by atoms with Gasteiger partial charge in [0, 0.05) is 14.0 Å². The SMILES string of the molecule is CO[C@@H]1O[C@H](Cn2cnc3c(=O)[nH]c(NC(C)=O)nc32)[C@@H](O)[C@H](O)[C@H]1O. The number of H-pyrrole nitrogens is 1. The number of anilines is 1. The summed E-state index contributed by atoms with van der Waals surface area (Å²) in [6.45, 7) is 1.24. The fourth-order valence-electron chi connectivity index (χ4n) is 2.77. The first kappa shape index (κ1) is 18.4. The Bertz CT molecular complexity index is 863. The molecule has 2 aromatic rings. The third kappa shape index (κ3) is 3.32. The molecule has 12 nitrogen and oxygen atoms in total. The number of aromatic nitrogens is 4. The number of aliphatic hydroxyl groups excluding tert-OH is 3. The minimum absolute atomic E-state index is 0.0305. The third-order valence-electron chi connectivity index (χ3n) is 4.05. The van der Waals surface area contributed by atoms with E-state index in [2.05, 4.69) is 20.3 Å². The number of aliphatic hydroxyl groups is 3. The van der Waals surface area contributed by atoms with Crippen LogP contribution in [0.4, 0.5) is 5.95 Å². The van der Waals surface area contributed by atoms with Crippen molar-refractivity contribution in [3.8, 4) is 0 Å². The lowest BCUT2D eigenvalue weighted by atomic mass is 9.99. The molecule has 1 amide bonds. The van der Waals surface area contributed by atoms with Crippen molar-refractivity contribution in [1.82, 2.24) is 19.5 Å². The Labute approximate surface area is 146 Å². The highest BCUT2D eigenvalue weighted by Gasteiger charge is 2.44. The molecule has 12 heteroatoms. The van der Waals surface area contributed by atoms with Gasteiger partial charge in [0.2, 0.25) is 11.9 Å². The number of aromatic amines is 1. The standard InChI is InChI=1S/C14H19N5O7/c1-5(20)16-14-17-11-7(12(24)18-14)15-4-19(11)3-6-8(21)9(22)10(23)13(25-2)26-6/h4,6,8-10,13,21-23H,3H2,1-2H3,(H2,16,17,18,20,24)/t6-,8-,9+,10-,13-/m1/s1. The number of amides is 1. The normalized spacial score (nSPS) is 29.0. The van der Waals surface area contributed by atoms with Gasteiger partial charge in [-0.2, -0.15) is 4.98 Å². The number of carbonyl (C=O) groups is 1. The lowest BCUT2D eigenvalue weighted by Gasteiger charge is -2.39. The summed E-state index contributed by atoms with van der Waals surface area (Å²) in [4.78, 5) is 33.7. The van der Waals surface area contributed by atoms with Crippen molar-refractivity contribution in [2.24, 2.45) is 0 Å². The molecule has 142 valence electrons. The maximum Gasteiger partial charge on any atom is 0.280 e. The summed E-state index contributed by atoms with van der Waals surface area (Å²) in [5.41, 5.74) is -0.357. The molecule has 0 unspecified atom stereocenters. The van der Waals surface area contributed by atoms with E-state index in [4.69, 9.17) is 9.47 Å². The molecule has 26 heavy (non-hydrogen) atoms. The number of carbonyl (C=O) groups excluding carboxylic acids is 1. The summed E-state index contributed by atoms with van der Waals surface area (Å²) in [5, 5.41) is 32.3. The highest BCUT2D eigenvalue weighted by molar-refractivity contribution is 5.87. The number of imidazole rings is 1. The Morgan fingerprint density at radius 2 is 2.12 bits per heavy atom. The van der Waals surface area contributed by atoms with E-state index in [9.17, 15) is 24.9 Å². The Morgan fingerprint density at radius 3 is 2.77 bits per heavy atom. The van der Waals surface area contributed by atoms with Gasteiger partial charge in [0.05, 0.1) is 12.9 Å². The molecule has 1 aliphatic rings. The number of nitrogens with zero attached hydrogens (tertiary/aromatic N) is 3. The number of hydrogen-bond donors (Lipinski definition) is 5.